The van der Waals surface area contributed by atoms with Crippen LogP contribution in [0.3, 0.4) is 0 Å². The maximum Gasteiger partial charge on any atom is 0.319 e. The molecule has 2 heterocycles. The van der Waals surface area contributed by atoms with Crippen molar-refractivity contribution < 1.29 is 13.9 Å². The molecule has 0 aliphatic carbocycles. The monoisotopic (exact) mass is 408 g/mol. The van der Waals surface area contributed by atoms with Crippen LogP contribution in [-0.4, -0.2) is 31.2 Å². The summed E-state index contributed by atoms with van der Waals surface area (Å²) in [6.07, 6.45) is 3.50. The first kappa shape index (κ1) is 19.9. The van der Waals surface area contributed by atoms with Crippen LogP contribution in [0.4, 0.5) is 20.7 Å². The summed E-state index contributed by atoms with van der Waals surface area (Å²) in [6.45, 7) is 2.24. The Kier molecular flexibility index (Phi) is 5.97. The molecule has 30 heavy (non-hydrogen) atoms. The molecular weight excluding hydrogens is 383 g/mol. The second-order valence-electron chi connectivity index (χ2n) is 7.41. The zero-order valence-corrected chi connectivity index (χ0v) is 17.0. The maximum absolute atomic E-state index is 14.7. The van der Waals surface area contributed by atoms with Crippen molar-refractivity contribution in [2.24, 2.45) is 0 Å². The van der Waals surface area contributed by atoms with Crippen LogP contribution in [0.15, 0.2) is 48.5 Å². The SMILES string of the molecule is COc1cccc(CNC(=O)Nc2cc(F)c3nc(N4CCCCC4)ccc3c2)c1. The van der Waals surface area contributed by atoms with Crippen LogP contribution in [0.25, 0.3) is 10.9 Å². The van der Waals surface area contributed by atoms with Gasteiger partial charge in [0.1, 0.15) is 17.1 Å². The molecular formula is C23H25FN4O2. The van der Waals surface area contributed by atoms with E-state index in [9.17, 15) is 9.18 Å². The smallest absolute Gasteiger partial charge is 0.319 e. The van der Waals surface area contributed by atoms with E-state index in [1.54, 1.807) is 13.2 Å². The molecule has 7 heteroatoms. The van der Waals surface area contributed by atoms with Crippen molar-refractivity contribution in [2.75, 3.05) is 30.4 Å². The number of pyridine rings is 1. The summed E-state index contributed by atoms with van der Waals surface area (Å²) >= 11 is 0. The zero-order chi connectivity index (χ0) is 20.9. The number of amides is 2. The van der Waals surface area contributed by atoms with Gasteiger partial charge in [-0.3, -0.25) is 0 Å². The molecule has 2 amide bonds. The van der Waals surface area contributed by atoms with Crippen LogP contribution in [0.2, 0.25) is 0 Å². The Hall–Kier alpha value is -3.35. The van der Waals surface area contributed by atoms with Crippen LogP contribution < -0.4 is 20.3 Å². The molecule has 0 radical (unpaired) electrons. The highest BCUT2D eigenvalue weighted by molar-refractivity contribution is 5.93. The van der Waals surface area contributed by atoms with E-state index in [1.807, 2.05) is 36.4 Å². The molecule has 6 nitrogen and oxygen atoms in total. The first-order valence-corrected chi connectivity index (χ1v) is 10.2. The van der Waals surface area contributed by atoms with Crippen molar-refractivity contribution in [2.45, 2.75) is 25.8 Å². The molecule has 0 atom stereocenters. The lowest BCUT2D eigenvalue weighted by Gasteiger charge is -2.27. The number of aromatic nitrogens is 1. The summed E-state index contributed by atoms with van der Waals surface area (Å²) in [4.78, 5) is 19.0. The summed E-state index contributed by atoms with van der Waals surface area (Å²) < 4.78 is 19.9. The van der Waals surface area contributed by atoms with Gasteiger partial charge < -0.3 is 20.3 Å². The molecule has 1 fully saturated rings. The van der Waals surface area contributed by atoms with Gasteiger partial charge in [0.05, 0.1) is 7.11 Å². The predicted molar refractivity (Wildman–Crippen MR) is 117 cm³/mol. The van der Waals surface area contributed by atoms with Gasteiger partial charge in [0.2, 0.25) is 0 Å². The first-order valence-electron chi connectivity index (χ1n) is 10.2. The average molecular weight is 408 g/mol. The van der Waals surface area contributed by atoms with Gasteiger partial charge in [-0.2, -0.15) is 0 Å². The number of carbonyl (C=O) groups is 1. The number of anilines is 2. The van der Waals surface area contributed by atoms with Crippen LogP contribution in [0.5, 0.6) is 5.75 Å². The van der Waals surface area contributed by atoms with E-state index in [0.29, 0.717) is 23.1 Å². The minimum atomic E-state index is -0.450. The van der Waals surface area contributed by atoms with E-state index in [4.69, 9.17) is 4.74 Å². The van der Waals surface area contributed by atoms with Gasteiger partial charge in [-0.15, -0.1) is 0 Å². The largest absolute Gasteiger partial charge is 0.497 e. The van der Waals surface area contributed by atoms with Gasteiger partial charge in [-0.1, -0.05) is 12.1 Å². The van der Waals surface area contributed by atoms with Crippen LogP contribution in [-0.2, 0) is 6.54 Å². The molecule has 0 spiro atoms. The third kappa shape index (κ3) is 4.62. The Balaban J connectivity index is 1.44. The Labute approximate surface area is 175 Å². The summed E-state index contributed by atoms with van der Waals surface area (Å²) in [5, 5.41) is 6.11. The Morgan fingerprint density at radius 3 is 2.77 bits per heavy atom. The number of nitrogens with zero attached hydrogens (tertiary/aromatic N) is 2. The van der Waals surface area contributed by atoms with Gasteiger partial charge in [-0.05, 0) is 61.2 Å². The molecule has 3 aromatic rings. The van der Waals surface area contributed by atoms with Crippen molar-refractivity contribution in [3.63, 3.8) is 0 Å². The van der Waals surface area contributed by atoms with E-state index in [-0.39, 0.29) is 0 Å². The average Bonchev–Trinajstić information content (AvgIpc) is 2.78. The van der Waals surface area contributed by atoms with E-state index < -0.39 is 11.8 Å². The van der Waals surface area contributed by atoms with Crippen LogP contribution in [0, 0.1) is 5.82 Å². The Bertz CT molecular complexity index is 1050. The number of hydrogen-bond donors (Lipinski definition) is 2. The molecule has 0 unspecified atom stereocenters. The lowest BCUT2D eigenvalue weighted by molar-refractivity contribution is 0.251. The topological polar surface area (TPSA) is 66.5 Å². The third-order valence-electron chi connectivity index (χ3n) is 5.26. The number of piperidine rings is 1. The van der Waals surface area contributed by atoms with Gasteiger partial charge in [0.25, 0.3) is 0 Å². The number of urea groups is 1. The number of halogens is 1. The molecule has 1 saturated heterocycles. The summed E-state index contributed by atoms with van der Waals surface area (Å²) in [7, 11) is 1.60. The number of benzene rings is 2. The number of ether oxygens (including phenoxy) is 1. The lowest BCUT2D eigenvalue weighted by atomic mass is 10.1. The zero-order valence-electron chi connectivity index (χ0n) is 17.0. The third-order valence-corrected chi connectivity index (χ3v) is 5.26. The van der Waals surface area contributed by atoms with Crippen molar-refractivity contribution in [1.29, 1.82) is 0 Å². The quantitative estimate of drug-likeness (QED) is 0.643. The highest BCUT2D eigenvalue weighted by Gasteiger charge is 2.14. The summed E-state index contributed by atoms with van der Waals surface area (Å²) in [5.41, 5.74) is 1.61. The fraction of sp³-hybridized carbons (Fsp3) is 0.304. The van der Waals surface area contributed by atoms with E-state index in [0.717, 1.165) is 43.1 Å². The van der Waals surface area contributed by atoms with Crippen molar-refractivity contribution >= 4 is 28.4 Å². The molecule has 4 rings (SSSR count). The number of nitrogens with one attached hydrogen (secondary N) is 2. The Morgan fingerprint density at radius 1 is 1.13 bits per heavy atom. The normalized spacial score (nSPS) is 13.9. The number of methoxy groups -OCH3 is 1. The van der Waals surface area contributed by atoms with Gasteiger partial charge in [0.15, 0.2) is 5.82 Å². The van der Waals surface area contributed by atoms with E-state index in [1.165, 1.54) is 12.5 Å². The van der Waals surface area contributed by atoms with Crippen molar-refractivity contribution in [3.05, 3.63) is 59.9 Å². The number of hydrogen-bond acceptors (Lipinski definition) is 4. The minimum absolute atomic E-state index is 0.320. The first-order chi connectivity index (χ1) is 14.6. The highest BCUT2D eigenvalue weighted by Crippen LogP contribution is 2.26. The Morgan fingerprint density at radius 2 is 1.97 bits per heavy atom. The second-order valence-corrected chi connectivity index (χ2v) is 7.41. The van der Waals surface area contributed by atoms with Gasteiger partial charge in [0, 0.05) is 30.7 Å². The predicted octanol–water partition coefficient (Wildman–Crippen LogP) is 4.69. The summed E-state index contributed by atoms with van der Waals surface area (Å²) in [5.74, 6) is 1.08. The van der Waals surface area contributed by atoms with Gasteiger partial charge in [-0.25, -0.2) is 14.2 Å². The molecule has 2 N–H and O–H groups in total. The standard InChI is InChI=1S/C23H25FN4O2/c1-30-19-7-5-6-16(12-19)15-25-23(29)26-18-13-17-8-9-21(27-22(17)20(24)14-18)28-10-3-2-4-11-28/h5-9,12-14H,2-4,10-11,15H2,1H3,(H2,25,26,29). The van der Waals surface area contributed by atoms with Crippen LogP contribution in [0.1, 0.15) is 24.8 Å². The fourth-order valence-electron chi connectivity index (χ4n) is 3.69. The van der Waals surface area contributed by atoms with E-state index >= 15 is 0 Å². The van der Waals surface area contributed by atoms with Crippen molar-refractivity contribution in [3.8, 4) is 5.75 Å². The highest BCUT2D eigenvalue weighted by atomic mass is 19.1. The number of rotatable bonds is 5. The summed E-state index contributed by atoms with van der Waals surface area (Å²) in [6, 6.07) is 13.8. The van der Waals surface area contributed by atoms with Crippen LogP contribution >= 0.6 is 0 Å². The number of carbonyl (C=O) groups excluding carboxylic acids is 1. The number of fused-ring (bicyclic) bond motifs is 1. The molecule has 1 aliphatic rings. The molecule has 156 valence electrons. The lowest BCUT2D eigenvalue weighted by Crippen LogP contribution is -2.30. The minimum Gasteiger partial charge on any atom is -0.497 e. The molecule has 0 saturated carbocycles. The second kappa shape index (κ2) is 8.98. The molecule has 1 aliphatic heterocycles. The van der Waals surface area contributed by atoms with Gasteiger partial charge >= 0.3 is 6.03 Å². The van der Waals surface area contributed by atoms with Crippen molar-refractivity contribution in [1.82, 2.24) is 10.3 Å². The molecule has 2 aromatic carbocycles. The maximum atomic E-state index is 14.7. The fourth-order valence-corrected chi connectivity index (χ4v) is 3.69. The van der Waals surface area contributed by atoms with E-state index in [2.05, 4.69) is 20.5 Å². The molecule has 0 bridgehead atoms. The molecule has 1 aromatic heterocycles.